The first-order chi connectivity index (χ1) is 9.29. The largest absolute Gasteiger partial charge is 0.395 e. The van der Waals surface area contributed by atoms with Crippen molar-refractivity contribution in [3.05, 3.63) is 66.0 Å². The third-order valence-electron chi connectivity index (χ3n) is 3.16. The van der Waals surface area contributed by atoms with Crippen LogP contribution in [0.5, 0.6) is 0 Å². The third kappa shape index (κ3) is 4.16. The van der Waals surface area contributed by atoms with E-state index < -0.39 is 0 Å². The molecule has 2 aromatic rings. The van der Waals surface area contributed by atoms with Gasteiger partial charge in [-0.05, 0) is 31.0 Å². The fourth-order valence-corrected chi connectivity index (χ4v) is 2.15. The zero-order valence-corrected chi connectivity index (χ0v) is 11.2. The Morgan fingerprint density at radius 3 is 2.47 bits per heavy atom. The van der Waals surface area contributed by atoms with Gasteiger partial charge in [0.1, 0.15) is 0 Å². The number of nitrogens with one attached hydrogen (secondary N) is 1. The van der Waals surface area contributed by atoms with Crippen LogP contribution in [0.15, 0.2) is 54.7 Å². The highest BCUT2D eigenvalue weighted by atomic mass is 16.3. The zero-order valence-electron chi connectivity index (χ0n) is 11.2. The quantitative estimate of drug-likeness (QED) is 0.834. The number of aliphatic hydroxyl groups excluding tert-OH is 1. The van der Waals surface area contributed by atoms with Crippen LogP contribution >= 0.6 is 0 Å². The van der Waals surface area contributed by atoms with Gasteiger partial charge in [0.05, 0.1) is 12.3 Å². The summed E-state index contributed by atoms with van der Waals surface area (Å²) >= 11 is 0. The van der Waals surface area contributed by atoms with Crippen molar-refractivity contribution in [1.82, 2.24) is 10.3 Å². The van der Waals surface area contributed by atoms with E-state index in [4.69, 9.17) is 0 Å². The molecule has 1 aromatic carbocycles. The monoisotopic (exact) mass is 256 g/mol. The van der Waals surface area contributed by atoms with Crippen molar-refractivity contribution in [3.63, 3.8) is 0 Å². The van der Waals surface area contributed by atoms with Crippen molar-refractivity contribution in [2.24, 2.45) is 0 Å². The number of hydrogen-bond donors (Lipinski definition) is 2. The summed E-state index contributed by atoms with van der Waals surface area (Å²) in [5, 5.41) is 12.9. The first-order valence-corrected chi connectivity index (χ1v) is 6.61. The Hall–Kier alpha value is -1.71. The fraction of sp³-hybridized carbons (Fsp3) is 0.312. The maximum absolute atomic E-state index is 9.50. The van der Waals surface area contributed by atoms with Crippen molar-refractivity contribution in [2.45, 2.75) is 25.4 Å². The van der Waals surface area contributed by atoms with Crippen LogP contribution in [-0.4, -0.2) is 22.7 Å². The van der Waals surface area contributed by atoms with Gasteiger partial charge in [-0.15, -0.1) is 0 Å². The molecule has 0 spiro atoms. The average molecular weight is 256 g/mol. The van der Waals surface area contributed by atoms with Gasteiger partial charge in [0, 0.05) is 18.3 Å². The molecule has 0 aliphatic rings. The molecule has 0 saturated carbocycles. The highest BCUT2D eigenvalue weighted by molar-refractivity contribution is 5.16. The van der Waals surface area contributed by atoms with Crippen LogP contribution in [0.1, 0.15) is 24.2 Å². The topological polar surface area (TPSA) is 45.1 Å². The summed E-state index contributed by atoms with van der Waals surface area (Å²) in [6.45, 7) is 2.18. The minimum absolute atomic E-state index is 0.0411. The Bertz CT molecular complexity index is 473. The zero-order chi connectivity index (χ0) is 13.5. The van der Waals surface area contributed by atoms with E-state index in [9.17, 15) is 5.11 Å². The second-order valence-electron chi connectivity index (χ2n) is 4.71. The summed E-state index contributed by atoms with van der Waals surface area (Å²) < 4.78 is 0. The van der Waals surface area contributed by atoms with Crippen molar-refractivity contribution in [2.75, 3.05) is 6.61 Å². The predicted molar refractivity (Wildman–Crippen MR) is 76.8 cm³/mol. The molecule has 1 heterocycles. The Kier molecular flexibility index (Phi) is 5.07. The summed E-state index contributed by atoms with van der Waals surface area (Å²) in [6.07, 6.45) is 2.60. The summed E-state index contributed by atoms with van der Waals surface area (Å²) in [5.41, 5.74) is 2.22. The van der Waals surface area contributed by atoms with E-state index in [1.54, 1.807) is 6.20 Å². The fourth-order valence-electron chi connectivity index (χ4n) is 2.15. The molecule has 19 heavy (non-hydrogen) atoms. The first kappa shape index (κ1) is 13.7. The lowest BCUT2D eigenvalue weighted by Crippen LogP contribution is -2.36. The van der Waals surface area contributed by atoms with E-state index in [-0.39, 0.29) is 18.7 Å². The Morgan fingerprint density at radius 2 is 1.84 bits per heavy atom. The van der Waals surface area contributed by atoms with Crippen LogP contribution in [0, 0.1) is 0 Å². The molecule has 0 aliphatic carbocycles. The second-order valence-corrected chi connectivity index (χ2v) is 4.71. The van der Waals surface area contributed by atoms with Crippen molar-refractivity contribution < 1.29 is 5.11 Å². The van der Waals surface area contributed by atoms with Gasteiger partial charge in [0.2, 0.25) is 0 Å². The number of aromatic nitrogens is 1. The molecule has 2 unspecified atom stereocenters. The standard InChI is InChI=1S/C16H20N2O/c1-13(16-9-5-6-10-17-16)18-15(12-19)11-14-7-3-2-4-8-14/h2-10,13,15,18-19H,11-12H2,1H3. The smallest absolute Gasteiger partial charge is 0.0588 e. The van der Waals surface area contributed by atoms with Gasteiger partial charge in [0.15, 0.2) is 0 Å². The minimum atomic E-state index is 0.0411. The minimum Gasteiger partial charge on any atom is -0.395 e. The van der Waals surface area contributed by atoms with Crippen molar-refractivity contribution in [1.29, 1.82) is 0 Å². The molecule has 2 rings (SSSR count). The van der Waals surface area contributed by atoms with E-state index in [0.717, 1.165) is 12.1 Å². The Morgan fingerprint density at radius 1 is 1.11 bits per heavy atom. The van der Waals surface area contributed by atoms with Gasteiger partial charge < -0.3 is 10.4 Å². The van der Waals surface area contributed by atoms with Crippen molar-refractivity contribution in [3.8, 4) is 0 Å². The van der Waals surface area contributed by atoms with Crippen molar-refractivity contribution >= 4 is 0 Å². The normalized spacial score (nSPS) is 14.0. The molecule has 2 N–H and O–H groups in total. The Labute approximate surface area is 114 Å². The molecule has 2 atom stereocenters. The molecule has 0 radical (unpaired) electrons. The molecule has 0 bridgehead atoms. The molecule has 1 aromatic heterocycles. The maximum Gasteiger partial charge on any atom is 0.0588 e. The van der Waals surface area contributed by atoms with Gasteiger partial charge in [-0.25, -0.2) is 0 Å². The molecule has 3 heteroatoms. The highest BCUT2D eigenvalue weighted by Gasteiger charge is 2.13. The summed E-state index contributed by atoms with van der Waals surface area (Å²) in [6, 6.07) is 16.2. The lowest BCUT2D eigenvalue weighted by Gasteiger charge is -2.21. The number of nitrogens with zero attached hydrogens (tertiary/aromatic N) is 1. The molecule has 100 valence electrons. The van der Waals surface area contributed by atoms with Crippen LogP contribution in [0.2, 0.25) is 0 Å². The summed E-state index contributed by atoms with van der Waals surface area (Å²) in [4.78, 5) is 4.33. The number of aliphatic hydroxyl groups is 1. The lowest BCUT2D eigenvalue weighted by molar-refractivity contribution is 0.232. The maximum atomic E-state index is 9.50. The highest BCUT2D eigenvalue weighted by Crippen LogP contribution is 2.11. The SMILES string of the molecule is CC(NC(CO)Cc1ccccc1)c1ccccn1. The summed E-state index contributed by atoms with van der Waals surface area (Å²) in [5.74, 6) is 0. The number of benzene rings is 1. The van der Waals surface area contributed by atoms with Gasteiger partial charge in [-0.3, -0.25) is 4.98 Å². The van der Waals surface area contributed by atoms with Crippen LogP contribution in [0.3, 0.4) is 0 Å². The lowest BCUT2D eigenvalue weighted by atomic mass is 10.1. The Balaban J connectivity index is 1.96. The molecule has 0 fully saturated rings. The first-order valence-electron chi connectivity index (χ1n) is 6.61. The molecular formula is C16H20N2O. The van der Waals surface area contributed by atoms with E-state index in [2.05, 4.69) is 29.4 Å². The van der Waals surface area contributed by atoms with Crippen LogP contribution in [0.25, 0.3) is 0 Å². The van der Waals surface area contributed by atoms with Crippen LogP contribution < -0.4 is 5.32 Å². The van der Waals surface area contributed by atoms with Gasteiger partial charge in [0.25, 0.3) is 0 Å². The number of pyridine rings is 1. The number of rotatable bonds is 6. The van der Waals surface area contributed by atoms with E-state index >= 15 is 0 Å². The second kappa shape index (κ2) is 7.02. The van der Waals surface area contributed by atoms with E-state index in [1.807, 2.05) is 36.4 Å². The number of hydrogen-bond acceptors (Lipinski definition) is 3. The molecule has 0 saturated heterocycles. The average Bonchev–Trinajstić information content (AvgIpc) is 2.48. The molecule has 3 nitrogen and oxygen atoms in total. The van der Waals surface area contributed by atoms with Crippen LogP contribution in [-0.2, 0) is 6.42 Å². The van der Waals surface area contributed by atoms with E-state index in [0.29, 0.717) is 0 Å². The van der Waals surface area contributed by atoms with Gasteiger partial charge >= 0.3 is 0 Å². The van der Waals surface area contributed by atoms with Gasteiger partial charge in [-0.2, -0.15) is 0 Å². The molecule has 0 aliphatic heterocycles. The van der Waals surface area contributed by atoms with Gasteiger partial charge in [-0.1, -0.05) is 36.4 Å². The summed E-state index contributed by atoms with van der Waals surface area (Å²) in [7, 11) is 0. The van der Waals surface area contributed by atoms with E-state index in [1.165, 1.54) is 5.56 Å². The molecular weight excluding hydrogens is 236 g/mol. The third-order valence-corrected chi connectivity index (χ3v) is 3.16. The van der Waals surface area contributed by atoms with Crippen LogP contribution in [0.4, 0.5) is 0 Å². The molecule has 0 amide bonds. The predicted octanol–water partition coefficient (Wildman–Crippen LogP) is 2.34.